The number of morpholine rings is 1. The summed E-state index contributed by atoms with van der Waals surface area (Å²) in [5, 5.41) is 1.13. The van der Waals surface area contributed by atoms with Crippen LogP contribution in [-0.4, -0.2) is 30.3 Å². The van der Waals surface area contributed by atoms with Gasteiger partial charge >= 0.3 is 0 Å². The third kappa shape index (κ3) is 2.39. The van der Waals surface area contributed by atoms with Gasteiger partial charge in [0.25, 0.3) is 0 Å². The van der Waals surface area contributed by atoms with Crippen LogP contribution in [0.25, 0.3) is 0 Å². The number of ether oxygens (including phenoxy) is 1. The van der Waals surface area contributed by atoms with Crippen molar-refractivity contribution in [2.45, 2.75) is 44.8 Å². The van der Waals surface area contributed by atoms with Gasteiger partial charge in [-0.1, -0.05) is 0 Å². The molecule has 2 fully saturated rings. The lowest BCUT2D eigenvalue weighted by atomic mass is 10.1. The summed E-state index contributed by atoms with van der Waals surface area (Å²) in [5.74, 6) is 0.683. The minimum absolute atomic E-state index is 0.0768. The van der Waals surface area contributed by atoms with E-state index in [0.29, 0.717) is 12.5 Å². The predicted molar refractivity (Wildman–Crippen MR) is 74.2 cm³/mol. The molecule has 3 rings (SSSR count). The second-order valence-electron chi connectivity index (χ2n) is 5.81. The number of hydrogen-bond acceptors (Lipinski definition) is 5. The van der Waals surface area contributed by atoms with Crippen LogP contribution < -0.4 is 10.6 Å². The van der Waals surface area contributed by atoms with Crippen molar-refractivity contribution in [3.63, 3.8) is 0 Å². The number of nitrogens with two attached hydrogens (primary N) is 1. The van der Waals surface area contributed by atoms with E-state index in [9.17, 15) is 0 Å². The van der Waals surface area contributed by atoms with Crippen LogP contribution in [0.15, 0.2) is 0 Å². The van der Waals surface area contributed by atoms with E-state index in [-0.39, 0.29) is 5.60 Å². The fourth-order valence-corrected chi connectivity index (χ4v) is 3.54. The molecule has 100 valence electrons. The van der Waals surface area contributed by atoms with E-state index in [1.165, 1.54) is 23.4 Å². The van der Waals surface area contributed by atoms with Crippen LogP contribution in [0, 0.1) is 0 Å². The van der Waals surface area contributed by atoms with Gasteiger partial charge in [-0.15, -0.1) is 11.3 Å². The highest BCUT2D eigenvalue weighted by atomic mass is 32.1. The molecule has 1 aliphatic heterocycles. The molecule has 1 saturated carbocycles. The van der Waals surface area contributed by atoms with Gasteiger partial charge in [-0.2, -0.15) is 0 Å². The average Bonchev–Trinajstić information content (AvgIpc) is 3.07. The molecule has 0 spiro atoms. The Morgan fingerprint density at radius 2 is 2.28 bits per heavy atom. The summed E-state index contributed by atoms with van der Waals surface area (Å²) in [6.45, 7) is 7.52. The van der Waals surface area contributed by atoms with E-state index < -0.39 is 0 Å². The second kappa shape index (κ2) is 4.47. The van der Waals surface area contributed by atoms with Crippen molar-refractivity contribution in [1.82, 2.24) is 4.98 Å². The van der Waals surface area contributed by atoms with Gasteiger partial charge in [-0.05, 0) is 26.7 Å². The summed E-state index contributed by atoms with van der Waals surface area (Å²) in [5.41, 5.74) is 7.03. The smallest absolute Gasteiger partial charge is 0.186 e. The third-order valence-corrected chi connectivity index (χ3v) is 4.72. The molecule has 1 aromatic heterocycles. The lowest BCUT2D eigenvalue weighted by Gasteiger charge is -2.38. The highest BCUT2D eigenvalue weighted by Gasteiger charge is 2.32. The third-order valence-electron chi connectivity index (χ3n) is 3.56. The molecule has 2 N–H and O–H groups in total. The minimum Gasteiger partial charge on any atom is -0.372 e. The molecular formula is C13H21N3OS. The quantitative estimate of drug-likeness (QED) is 0.911. The van der Waals surface area contributed by atoms with Gasteiger partial charge < -0.3 is 15.4 Å². The Kier molecular flexibility index (Phi) is 3.08. The normalized spacial score (nSPS) is 23.4. The zero-order valence-electron chi connectivity index (χ0n) is 11.1. The molecule has 18 heavy (non-hydrogen) atoms. The number of rotatable bonds is 3. The van der Waals surface area contributed by atoms with Crippen LogP contribution in [0.1, 0.15) is 43.2 Å². The Bertz CT molecular complexity index is 439. The standard InChI is InChI=1S/C13H21N3OS/c1-13(2)8-16(5-6-17-13)12-15-11(9-3-4-9)10(7-14)18-12/h9H,3-8,14H2,1-2H3. The Labute approximate surface area is 112 Å². The zero-order valence-corrected chi connectivity index (χ0v) is 11.9. The molecule has 2 aliphatic rings. The molecule has 0 radical (unpaired) electrons. The predicted octanol–water partition coefficient (Wildman–Crippen LogP) is 2.09. The number of thiazole rings is 1. The van der Waals surface area contributed by atoms with Crippen molar-refractivity contribution < 1.29 is 4.74 Å². The maximum atomic E-state index is 5.84. The van der Waals surface area contributed by atoms with Gasteiger partial charge in [-0.25, -0.2) is 4.98 Å². The first kappa shape index (κ1) is 12.4. The molecular weight excluding hydrogens is 246 g/mol. The summed E-state index contributed by atoms with van der Waals surface area (Å²) < 4.78 is 5.75. The highest BCUT2D eigenvalue weighted by Crippen LogP contribution is 2.44. The Morgan fingerprint density at radius 1 is 1.50 bits per heavy atom. The van der Waals surface area contributed by atoms with E-state index in [1.807, 2.05) is 0 Å². The SMILES string of the molecule is CC1(C)CN(c2nc(C3CC3)c(CN)s2)CCO1. The molecule has 5 heteroatoms. The van der Waals surface area contributed by atoms with Crippen molar-refractivity contribution in [2.24, 2.45) is 5.73 Å². The average molecular weight is 267 g/mol. The van der Waals surface area contributed by atoms with E-state index in [4.69, 9.17) is 15.5 Å². The Hall–Kier alpha value is -0.650. The summed E-state index contributed by atoms with van der Waals surface area (Å²) in [6.07, 6.45) is 2.57. The first-order valence-electron chi connectivity index (χ1n) is 6.67. The first-order chi connectivity index (χ1) is 8.59. The van der Waals surface area contributed by atoms with Crippen LogP contribution in [0.2, 0.25) is 0 Å². The fourth-order valence-electron chi connectivity index (χ4n) is 2.49. The highest BCUT2D eigenvalue weighted by molar-refractivity contribution is 7.15. The van der Waals surface area contributed by atoms with E-state index >= 15 is 0 Å². The maximum Gasteiger partial charge on any atom is 0.186 e. The second-order valence-corrected chi connectivity index (χ2v) is 6.88. The van der Waals surface area contributed by atoms with Crippen molar-refractivity contribution in [2.75, 3.05) is 24.6 Å². The number of hydrogen-bond donors (Lipinski definition) is 1. The fraction of sp³-hybridized carbons (Fsp3) is 0.769. The van der Waals surface area contributed by atoms with Gasteiger partial charge in [0.15, 0.2) is 5.13 Å². The van der Waals surface area contributed by atoms with E-state index in [2.05, 4.69) is 18.7 Å². The van der Waals surface area contributed by atoms with Gasteiger partial charge in [0.1, 0.15) is 0 Å². The monoisotopic (exact) mass is 267 g/mol. The molecule has 0 bridgehead atoms. The lowest BCUT2D eigenvalue weighted by molar-refractivity contribution is -0.0277. The van der Waals surface area contributed by atoms with Gasteiger partial charge in [0, 0.05) is 30.4 Å². The molecule has 0 unspecified atom stereocenters. The summed E-state index contributed by atoms with van der Waals surface area (Å²) in [7, 11) is 0. The van der Waals surface area contributed by atoms with Gasteiger partial charge in [-0.3, -0.25) is 0 Å². The van der Waals surface area contributed by atoms with Crippen LogP contribution in [0.3, 0.4) is 0 Å². The van der Waals surface area contributed by atoms with Crippen LogP contribution in [-0.2, 0) is 11.3 Å². The van der Waals surface area contributed by atoms with E-state index in [0.717, 1.165) is 24.8 Å². The first-order valence-corrected chi connectivity index (χ1v) is 7.49. The Balaban J connectivity index is 1.83. The lowest BCUT2D eigenvalue weighted by Crippen LogP contribution is -2.48. The van der Waals surface area contributed by atoms with Crippen LogP contribution >= 0.6 is 11.3 Å². The molecule has 1 aliphatic carbocycles. The van der Waals surface area contributed by atoms with Crippen molar-refractivity contribution >= 4 is 16.5 Å². The van der Waals surface area contributed by atoms with Crippen molar-refractivity contribution in [3.05, 3.63) is 10.6 Å². The molecule has 1 saturated heterocycles. The molecule has 1 aromatic rings. The topological polar surface area (TPSA) is 51.4 Å². The molecule has 2 heterocycles. The van der Waals surface area contributed by atoms with Crippen LogP contribution in [0.5, 0.6) is 0 Å². The van der Waals surface area contributed by atoms with Crippen molar-refractivity contribution in [1.29, 1.82) is 0 Å². The van der Waals surface area contributed by atoms with E-state index in [1.54, 1.807) is 11.3 Å². The summed E-state index contributed by atoms with van der Waals surface area (Å²) in [6, 6.07) is 0. The number of nitrogens with zero attached hydrogens (tertiary/aromatic N) is 2. The zero-order chi connectivity index (χ0) is 12.8. The minimum atomic E-state index is -0.0768. The van der Waals surface area contributed by atoms with Crippen molar-refractivity contribution in [3.8, 4) is 0 Å². The largest absolute Gasteiger partial charge is 0.372 e. The number of anilines is 1. The molecule has 4 nitrogen and oxygen atoms in total. The Morgan fingerprint density at radius 3 is 2.89 bits per heavy atom. The molecule has 0 atom stereocenters. The maximum absolute atomic E-state index is 5.84. The molecule has 0 aromatic carbocycles. The van der Waals surface area contributed by atoms with Gasteiger partial charge in [0.05, 0.1) is 17.9 Å². The van der Waals surface area contributed by atoms with Gasteiger partial charge in [0.2, 0.25) is 0 Å². The summed E-state index contributed by atoms with van der Waals surface area (Å²) >= 11 is 1.77. The summed E-state index contributed by atoms with van der Waals surface area (Å²) in [4.78, 5) is 8.46. The van der Waals surface area contributed by atoms with Crippen LogP contribution in [0.4, 0.5) is 5.13 Å². The number of aromatic nitrogens is 1. The molecule has 0 amide bonds.